The summed E-state index contributed by atoms with van der Waals surface area (Å²) >= 11 is 5.82. The second-order valence-electron chi connectivity index (χ2n) is 5.28. The molecule has 2 N–H and O–H groups in total. The summed E-state index contributed by atoms with van der Waals surface area (Å²) in [6, 6.07) is 11.3. The van der Waals surface area contributed by atoms with Crippen molar-refractivity contribution in [3.05, 3.63) is 64.7 Å². The summed E-state index contributed by atoms with van der Waals surface area (Å²) in [7, 11) is 0. The first-order valence-electron chi connectivity index (χ1n) is 7.61. The molecule has 2 aromatic rings. The molecular formula is C19H17ClO5. The number of halogens is 1. The number of rotatable bonds is 8. The highest BCUT2D eigenvalue weighted by atomic mass is 35.5. The van der Waals surface area contributed by atoms with Gasteiger partial charge in [0.25, 0.3) is 0 Å². The maximum Gasteiger partial charge on any atom is 0.303 e. The Labute approximate surface area is 150 Å². The molecule has 25 heavy (non-hydrogen) atoms. The lowest BCUT2D eigenvalue weighted by atomic mass is 10.1. The Bertz CT molecular complexity index is 781. The molecule has 0 amide bonds. The van der Waals surface area contributed by atoms with E-state index in [-0.39, 0.29) is 23.0 Å². The van der Waals surface area contributed by atoms with Gasteiger partial charge in [-0.1, -0.05) is 23.7 Å². The van der Waals surface area contributed by atoms with Gasteiger partial charge in [-0.2, -0.15) is 0 Å². The molecule has 0 spiro atoms. The lowest BCUT2D eigenvalue weighted by molar-refractivity contribution is -0.137. The van der Waals surface area contributed by atoms with E-state index in [1.54, 1.807) is 42.5 Å². The van der Waals surface area contributed by atoms with Crippen molar-refractivity contribution in [3.63, 3.8) is 0 Å². The molecule has 0 atom stereocenters. The highest BCUT2D eigenvalue weighted by Crippen LogP contribution is 2.24. The van der Waals surface area contributed by atoms with Crippen molar-refractivity contribution >= 4 is 29.4 Å². The molecule has 0 radical (unpaired) electrons. The average Bonchev–Trinajstić information content (AvgIpc) is 2.60. The number of phenolic OH excluding ortho intramolecular Hbond substituents is 1. The van der Waals surface area contributed by atoms with Crippen LogP contribution in [0.1, 0.15) is 28.8 Å². The number of ketones is 1. The van der Waals surface area contributed by atoms with Gasteiger partial charge in [0, 0.05) is 12.0 Å². The van der Waals surface area contributed by atoms with Crippen molar-refractivity contribution in [3.8, 4) is 11.5 Å². The fraction of sp³-hybridized carbons (Fsp3) is 0.158. The van der Waals surface area contributed by atoms with Crippen LogP contribution in [-0.4, -0.2) is 28.6 Å². The molecule has 0 aliphatic rings. The standard InChI is InChI=1S/C19H17ClO5/c20-16-12-13(4-10-18(16)22)3-9-17(21)14-5-7-15(8-6-14)25-11-1-2-19(23)24/h3-10,12,22H,1-2,11H2,(H,23,24)/b9-3+. The number of carboxylic acids is 1. The Hall–Kier alpha value is -2.79. The van der Waals surface area contributed by atoms with Gasteiger partial charge < -0.3 is 14.9 Å². The molecule has 6 heteroatoms. The zero-order valence-corrected chi connectivity index (χ0v) is 14.1. The van der Waals surface area contributed by atoms with E-state index in [0.717, 1.165) is 0 Å². The minimum absolute atomic E-state index is 0.0101. The lowest BCUT2D eigenvalue weighted by Crippen LogP contribution is -2.02. The van der Waals surface area contributed by atoms with Gasteiger partial charge in [0.2, 0.25) is 0 Å². The quantitative estimate of drug-likeness (QED) is 0.419. The molecule has 2 rings (SSSR count). The minimum atomic E-state index is -0.855. The van der Waals surface area contributed by atoms with Gasteiger partial charge >= 0.3 is 5.97 Å². The number of hydrogen-bond acceptors (Lipinski definition) is 4. The number of ether oxygens (including phenoxy) is 1. The van der Waals surface area contributed by atoms with Crippen LogP contribution in [0.2, 0.25) is 5.02 Å². The van der Waals surface area contributed by atoms with Gasteiger partial charge in [0.1, 0.15) is 11.5 Å². The van der Waals surface area contributed by atoms with Gasteiger partial charge in [-0.25, -0.2) is 0 Å². The molecule has 0 saturated heterocycles. The minimum Gasteiger partial charge on any atom is -0.506 e. The lowest BCUT2D eigenvalue weighted by Gasteiger charge is -2.05. The Morgan fingerprint density at radius 2 is 1.84 bits per heavy atom. The van der Waals surface area contributed by atoms with Crippen molar-refractivity contribution in [1.82, 2.24) is 0 Å². The van der Waals surface area contributed by atoms with Crippen LogP contribution >= 0.6 is 11.6 Å². The number of carbonyl (C=O) groups excluding carboxylic acids is 1. The maximum atomic E-state index is 12.1. The van der Waals surface area contributed by atoms with Crippen LogP contribution in [0.4, 0.5) is 0 Å². The number of allylic oxidation sites excluding steroid dienone is 1. The van der Waals surface area contributed by atoms with Gasteiger partial charge in [-0.3, -0.25) is 9.59 Å². The smallest absolute Gasteiger partial charge is 0.303 e. The number of phenols is 1. The molecule has 0 fully saturated rings. The Morgan fingerprint density at radius 1 is 1.12 bits per heavy atom. The van der Waals surface area contributed by atoms with Crippen LogP contribution < -0.4 is 4.74 Å². The normalized spacial score (nSPS) is 10.8. The van der Waals surface area contributed by atoms with E-state index in [9.17, 15) is 14.7 Å². The number of aliphatic carboxylic acids is 1. The fourth-order valence-corrected chi connectivity index (χ4v) is 2.21. The second kappa shape index (κ2) is 8.89. The summed E-state index contributed by atoms with van der Waals surface area (Å²) in [5.41, 5.74) is 1.20. The first-order chi connectivity index (χ1) is 12.0. The Balaban J connectivity index is 1.92. The van der Waals surface area contributed by atoms with E-state index < -0.39 is 5.97 Å². The van der Waals surface area contributed by atoms with Gasteiger partial charge in [-0.05, 0) is 54.5 Å². The first-order valence-corrected chi connectivity index (χ1v) is 7.99. The molecular weight excluding hydrogens is 344 g/mol. The summed E-state index contributed by atoms with van der Waals surface area (Å²) in [6.45, 7) is 0.307. The highest BCUT2D eigenvalue weighted by Gasteiger charge is 2.04. The summed E-state index contributed by atoms with van der Waals surface area (Å²) in [5, 5.41) is 18.1. The summed E-state index contributed by atoms with van der Waals surface area (Å²) < 4.78 is 5.41. The van der Waals surface area contributed by atoms with Crippen molar-refractivity contribution in [2.75, 3.05) is 6.61 Å². The molecule has 2 aromatic carbocycles. The maximum absolute atomic E-state index is 12.1. The summed E-state index contributed by atoms with van der Waals surface area (Å²) in [4.78, 5) is 22.6. The highest BCUT2D eigenvalue weighted by molar-refractivity contribution is 6.32. The van der Waals surface area contributed by atoms with Crippen LogP contribution in [0.5, 0.6) is 11.5 Å². The van der Waals surface area contributed by atoms with Crippen molar-refractivity contribution in [2.24, 2.45) is 0 Å². The number of hydrogen-bond donors (Lipinski definition) is 2. The molecule has 0 aromatic heterocycles. The number of aromatic hydroxyl groups is 1. The van der Waals surface area contributed by atoms with Gasteiger partial charge in [0.05, 0.1) is 11.6 Å². The fourth-order valence-electron chi connectivity index (χ4n) is 2.02. The van der Waals surface area contributed by atoms with Crippen molar-refractivity contribution in [1.29, 1.82) is 0 Å². The van der Waals surface area contributed by atoms with E-state index in [2.05, 4.69) is 0 Å². The summed E-state index contributed by atoms with van der Waals surface area (Å²) in [5.74, 6) is -0.465. The predicted octanol–water partition coefficient (Wildman–Crippen LogP) is 4.19. The van der Waals surface area contributed by atoms with E-state index in [1.807, 2.05) is 0 Å². The molecule has 0 saturated carbocycles. The van der Waals surface area contributed by atoms with Gasteiger partial charge in [-0.15, -0.1) is 0 Å². The van der Waals surface area contributed by atoms with Crippen LogP contribution in [0, 0.1) is 0 Å². The van der Waals surface area contributed by atoms with E-state index in [4.69, 9.17) is 21.4 Å². The van der Waals surface area contributed by atoms with Crippen LogP contribution in [-0.2, 0) is 4.79 Å². The van der Waals surface area contributed by atoms with Crippen molar-refractivity contribution < 1.29 is 24.5 Å². The average molecular weight is 361 g/mol. The van der Waals surface area contributed by atoms with Crippen LogP contribution in [0.15, 0.2) is 48.5 Å². The van der Waals surface area contributed by atoms with E-state index in [0.29, 0.717) is 29.9 Å². The SMILES string of the molecule is O=C(O)CCCOc1ccc(C(=O)/C=C/c2ccc(O)c(Cl)c2)cc1. The zero-order chi connectivity index (χ0) is 18.2. The summed E-state index contributed by atoms with van der Waals surface area (Å²) in [6.07, 6.45) is 3.52. The first kappa shape index (κ1) is 18.5. The predicted molar refractivity (Wildman–Crippen MR) is 95.3 cm³/mol. The zero-order valence-electron chi connectivity index (χ0n) is 13.3. The molecule has 0 aliphatic carbocycles. The third kappa shape index (κ3) is 5.97. The van der Waals surface area contributed by atoms with Crippen molar-refractivity contribution in [2.45, 2.75) is 12.8 Å². The third-order valence-corrected chi connectivity index (χ3v) is 3.64. The molecule has 0 unspecified atom stereocenters. The number of benzene rings is 2. The van der Waals surface area contributed by atoms with Gasteiger partial charge in [0.15, 0.2) is 5.78 Å². The molecule has 0 heterocycles. The topological polar surface area (TPSA) is 83.8 Å². The molecule has 0 bridgehead atoms. The Morgan fingerprint density at radius 3 is 2.48 bits per heavy atom. The number of carboxylic acid groups (broad SMARTS) is 1. The van der Waals surface area contributed by atoms with Crippen LogP contribution in [0.3, 0.4) is 0 Å². The van der Waals surface area contributed by atoms with E-state index >= 15 is 0 Å². The largest absolute Gasteiger partial charge is 0.506 e. The number of carbonyl (C=O) groups is 2. The Kier molecular flexibility index (Phi) is 6.60. The second-order valence-corrected chi connectivity index (χ2v) is 5.69. The third-order valence-electron chi connectivity index (χ3n) is 3.34. The van der Waals surface area contributed by atoms with Crippen LogP contribution in [0.25, 0.3) is 6.08 Å². The van der Waals surface area contributed by atoms with E-state index in [1.165, 1.54) is 12.1 Å². The molecule has 5 nitrogen and oxygen atoms in total. The molecule has 0 aliphatic heterocycles. The molecule has 130 valence electrons. The monoisotopic (exact) mass is 360 g/mol.